The van der Waals surface area contributed by atoms with E-state index in [1.807, 2.05) is 6.07 Å². The topological polar surface area (TPSA) is 56.2 Å². The van der Waals surface area contributed by atoms with Crippen molar-refractivity contribution < 1.29 is 18.3 Å². The molecule has 3 rings (SSSR count). The number of para-hydroxylation sites is 1. The lowest BCUT2D eigenvalue weighted by Crippen LogP contribution is -2.32. The third-order valence-electron chi connectivity index (χ3n) is 3.70. The van der Waals surface area contributed by atoms with Crippen LogP contribution in [0.15, 0.2) is 24.3 Å². The first-order valence-corrected chi connectivity index (χ1v) is 7.39. The average molecular weight is 342 g/mol. The largest absolute Gasteiger partial charge is 0.492 e. The van der Waals surface area contributed by atoms with Crippen molar-refractivity contribution in [1.82, 2.24) is 15.1 Å². The van der Waals surface area contributed by atoms with Crippen molar-refractivity contribution in [3.8, 4) is 5.75 Å². The number of nitrogens with zero attached hydrogens (tertiary/aromatic N) is 2. The van der Waals surface area contributed by atoms with Crippen LogP contribution >= 0.6 is 11.6 Å². The maximum atomic E-state index is 12.8. The van der Waals surface area contributed by atoms with E-state index in [0.29, 0.717) is 23.8 Å². The minimum absolute atomic E-state index is 0.0436. The Labute approximate surface area is 136 Å². The summed E-state index contributed by atoms with van der Waals surface area (Å²) in [6.45, 7) is 0.409. The third kappa shape index (κ3) is 3.01. The molecule has 1 aromatic carbocycles. The summed E-state index contributed by atoms with van der Waals surface area (Å²) in [7, 11) is 1.38. The summed E-state index contributed by atoms with van der Waals surface area (Å²) in [5, 5.41) is 7.11. The average Bonchev–Trinajstić information content (AvgIpc) is 2.91. The zero-order valence-electron chi connectivity index (χ0n) is 12.2. The minimum atomic E-state index is -2.68. The maximum absolute atomic E-state index is 12.8. The van der Waals surface area contributed by atoms with Gasteiger partial charge in [0.15, 0.2) is 5.69 Å². The van der Waals surface area contributed by atoms with Gasteiger partial charge in [-0.1, -0.05) is 23.7 Å². The van der Waals surface area contributed by atoms with E-state index in [1.165, 1.54) is 7.05 Å². The molecule has 0 radical (unpaired) electrons. The van der Waals surface area contributed by atoms with Gasteiger partial charge in [0.1, 0.15) is 11.4 Å². The number of benzene rings is 1. The van der Waals surface area contributed by atoms with Gasteiger partial charge >= 0.3 is 0 Å². The van der Waals surface area contributed by atoms with Crippen molar-refractivity contribution >= 4 is 17.5 Å². The highest BCUT2D eigenvalue weighted by molar-refractivity contribution is 6.32. The molecule has 8 heteroatoms. The molecule has 0 saturated carbocycles. The summed E-state index contributed by atoms with van der Waals surface area (Å²) < 4.78 is 32.1. The van der Waals surface area contributed by atoms with E-state index < -0.39 is 12.3 Å². The molecule has 5 nitrogen and oxygen atoms in total. The van der Waals surface area contributed by atoms with Gasteiger partial charge in [-0.25, -0.2) is 8.78 Å². The summed E-state index contributed by atoms with van der Waals surface area (Å²) in [6, 6.07) is 6.08. The Balaban J connectivity index is 1.82. The van der Waals surface area contributed by atoms with Gasteiger partial charge in [-0.2, -0.15) is 5.10 Å². The van der Waals surface area contributed by atoms with Crippen LogP contribution in [-0.2, 0) is 7.05 Å². The lowest BCUT2D eigenvalue weighted by Gasteiger charge is -2.27. The number of carbonyl (C=O) groups is 1. The molecule has 2 heterocycles. The van der Waals surface area contributed by atoms with Gasteiger partial charge in [0.05, 0.1) is 17.7 Å². The number of rotatable bonds is 3. The molecule has 1 aromatic heterocycles. The zero-order valence-corrected chi connectivity index (χ0v) is 13.0. The number of halogens is 3. The normalized spacial score (nSPS) is 16.8. The molecule has 0 bridgehead atoms. The molecule has 1 unspecified atom stereocenters. The molecular weight excluding hydrogens is 328 g/mol. The Hall–Kier alpha value is -2.15. The van der Waals surface area contributed by atoms with Crippen LogP contribution in [0.2, 0.25) is 5.02 Å². The number of aromatic nitrogens is 2. The molecular formula is C15H14ClF2N3O2. The van der Waals surface area contributed by atoms with Crippen molar-refractivity contribution in [1.29, 1.82) is 0 Å². The Morgan fingerprint density at radius 2 is 2.30 bits per heavy atom. The van der Waals surface area contributed by atoms with Crippen molar-refractivity contribution in [3.63, 3.8) is 0 Å². The van der Waals surface area contributed by atoms with Crippen molar-refractivity contribution in [3.05, 3.63) is 46.2 Å². The second kappa shape index (κ2) is 6.16. The fraction of sp³-hybridized carbons (Fsp3) is 0.333. The van der Waals surface area contributed by atoms with Gasteiger partial charge in [0.2, 0.25) is 0 Å². The summed E-state index contributed by atoms with van der Waals surface area (Å²) in [4.78, 5) is 12.3. The van der Waals surface area contributed by atoms with Crippen LogP contribution < -0.4 is 10.1 Å². The molecule has 2 aromatic rings. The van der Waals surface area contributed by atoms with Crippen LogP contribution in [0.3, 0.4) is 0 Å². The highest BCUT2D eigenvalue weighted by atomic mass is 35.5. The number of nitrogens with one attached hydrogen (secondary N) is 1. The summed E-state index contributed by atoms with van der Waals surface area (Å²) in [6.07, 6.45) is -2.12. The van der Waals surface area contributed by atoms with E-state index >= 15 is 0 Å². The number of amides is 1. The third-order valence-corrected chi connectivity index (χ3v) is 4.00. The second-order valence-corrected chi connectivity index (χ2v) is 5.61. The molecule has 1 N–H and O–H groups in total. The smallest absolute Gasteiger partial charge is 0.280 e. The van der Waals surface area contributed by atoms with Gasteiger partial charge in [-0.05, 0) is 12.1 Å². The van der Waals surface area contributed by atoms with Crippen LogP contribution in [0.5, 0.6) is 5.75 Å². The van der Waals surface area contributed by atoms with E-state index in [4.69, 9.17) is 16.3 Å². The fourth-order valence-electron chi connectivity index (χ4n) is 2.57. The summed E-state index contributed by atoms with van der Waals surface area (Å²) in [5.41, 5.74) is 0.422. The fourth-order valence-corrected chi connectivity index (χ4v) is 2.80. The molecule has 0 fully saturated rings. The molecule has 1 amide bonds. The van der Waals surface area contributed by atoms with Gasteiger partial charge < -0.3 is 10.1 Å². The first-order chi connectivity index (χ1) is 11.0. The van der Waals surface area contributed by atoms with Crippen molar-refractivity contribution in [2.45, 2.75) is 18.9 Å². The monoisotopic (exact) mass is 341 g/mol. The Bertz CT molecular complexity index is 748. The molecule has 1 aliphatic rings. The first-order valence-electron chi connectivity index (χ1n) is 7.01. The van der Waals surface area contributed by atoms with Crippen molar-refractivity contribution in [2.75, 3.05) is 6.61 Å². The van der Waals surface area contributed by atoms with Crippen LogP contribution in [-0.4, -0.2) is 22.3 Å². The van der Waals surface area contributed by atoms with Crippen LogP contribution in [0.1, 0.15) is 40.6 Å². The predicted octanol–water partition coefficient (Wildman–Crippen LogP) is 3.26. The molecule has 1 aliphatic heterocycles. The van der Waals surface area contributed by atoms with E-state index in [0.717, 1.165) is 16.3 Å². The highest BCUT2D eigenvalue weighted by Gasteiger charge is 2.26. The molecule has 122 valence electrons. The maximum Gasteiger partial charge on any atom is 0.280 e. The van der Waals surface area contributed by atoms with Crippen LogP contribution in [0.25, 0.3) is 0 Å². The van der Waals surface area contributed by atoms with Crippen LogP contribution in [0.4, 0.5) is 8.78 Å². The molecule has 0 aliphatic carbocycles. The highest BCUT2D eigenvalue weighted by Crippen LogP contribution is 2.37. The van der Waals surface area contributed by atoms with E-state index in [9.17, 15) is 13.6 Å². The van der Waals surface area contributed by atoms with E-state index in [1.54, 1.807) is 12.1 Å². The summed E-state index contributed by atoms with van der Waals surface area (Å²) >= 11 is 6.08. The number of aryl methyl sites for hydroxylation is 1. The van der Waals surface area contributed by atoms with Crippen LogP contribution in [0, 0.1) is 0 Å². The van der Waals surface area contributed by atoms with Crippen molar-refractivity contribution in [2.24, 2.45) is 7.05 Å². The number of carbonyl (C=O) groups excluding carboxylic acids is 1. The Morgan fingerprint density at radius 3 is 3.00 bits per heavy atom. The van der Waals surface area contributed by atoms with Gasteiger partial charge in [0, 0.05) is 19.0 Å². The SMILES string of the molecule is Cn1nc(C(=O)NC2CCOc3c(Cl)cccc32)cc1C(F)F. The van der Waals surface area contributed by atoms with E-state index in [-0.39, 0.29) is 17.4 Å². The van der Waals surface area contributed by atoms with Gasteiger partial charge in [-0.3, -0.25) is 9.48 Å². The molecule has 0 spiro atoms. The number of ether oxygens (including phenoxy) is 1. The van der Waals surface area contributed by atoms with Gasteiger partial charge in [0.25, 0.3) is 12.3 Å². The number of hydrogen-bond donors (Lipinski definition) is 1. The molecule has 0 saturated heterocycles. The number of alkyl halides is 2. The number of hydrogen-bond acceptors (Lipinski definition) is 3. The summed E-state index contributed by atoms with van der Waals surface area (Å²) in [5.74, 6) is 0.0327. The predicted molar refractivity (Wildman–Crippen MR) is 79.9 cm³/mol. The number of fused-ring (bicyclic) bond motifs is 1. The lowest BCUT2D eigenvalue weighted by molar-refractivity contribution is 0.0919. The van der Waals surface area contributed by atoms with E-state index in [2.05, 4.69) is 10.4 Å². The first kappa shape index (κ1) is 15.7. The minimum Gasteiger partial charge on any atom is -0.492 e. The molecule has 1 atom stereocenters. The Morgan fingerprint density at radius 1 is 1.52 bits per heavy atom. The lowest BCUT2D eigenvalue weighted by atomic mass is 10.0. The standard InChI is InChI=1S/C15H14ClF2N3O2/c1-21-12(14(17)18)7-11(20-21)15(22)19-10-5-6-23-13-8(10)3-2-4-9(13)16/h2-4,7,10,14H,5-6H2,1H3,(H,19,22). The quantitative estimate of drug-likeness (QED) is 0.932. The molecule has 23 heavy (non-hydrogen) atoms. The second-order valence-electron chi connectivity index (χ2n) is 5.20. The Kier molecular flexibility index (Phi) is 4.21. The zero-order chi connectivity index (χ0) is 16.6. The van der Waals surface area contributed by atoms with Gasteiger partial charge in [-0.15, -0.1) is 0 Å².